The first-order valence-electron chi connectivity index (χ1n) is 9.61. The number of piperidine rings is 1. The molecule has 0 saturated carbocycles. The summed E-state index contributed by atoms with van der Waals surface area (Å²) in [7, 11) is -1.90. The molecule has 8 nitrogen and oxygen atoms in total. The molecule has 1 saturated heterocycles. The highest BCUT2D eigenvalue weighted by molar-refractivity contribution is 7.89. The zero-order valence-electron chi connectivity index (χ0n) is 16.7. The number of nitrogens with zero attached hydrogens (tertiary/aromatic N) is 4. The van der Waals surface area contributed by atoms with Crippen molar-refractivity contribution in [2.24, 2.45) is 0 Å². The van der Waals surface area contributed by atoms with Crippen LogP contribution in [0.15, 0.2) is 34.0 Å². The zero-order chi connectivity index (χ0) is 20.3. The average Bonchev–Trinajstić information content (AvgIpc) is 3.02. The predicted molar refractivity (Wildman–Crippen MR) is 106 cm³/mol. The molecule has 3 rings (SSSR count). The van der Waals surface area contributed by atoms with Crippen LogP contribution < -0.4 is 5.69 Å². The number of aryl methyl sites for hydroxylation is 1. The Labute approximate surface area is 165 Å². The predicted octanol–water partition coefficient (Wildman–Crippen LogP) is 1.59. The van der Waals surface area contributed by atoms with Gasteiger partial charge in [-0.1, -0.05) is 17.7 Å². The van der Waals surface area contributed by atoms with E-state index in [4.69, 9.17) is 4.74 Å². The molecule has 154 valence electrons. The number of rotatable bonds is 7. The SMILES string of the molecule is CCn1c(C2CCN(S(=O)(=O)c3ccc(C)cc3)CC2)nn(CCOC)c1=O. The molecule has 2 heterocycles. The molecule has 9 heteroatoms. The van der Waals surface area contributed by atoms with E-state index in [0.717, 1.165) is 11.4 Å². The summed E-state index contributed by atoms with van der Waals surface area (Å²) in [6.45, 7) is 6.07. The second kappa shape index (κ2) is 8.59. The van der Waals surface area contributed by atoms with Gasteiger partial charge in [0.1, 0.15) is 5.82 Å². The van der Waals surface area contributed by atoms with Gasteiger partial charge in [0.05, 0.1) is 18.0 Å². The molecule has 2 aromatic rings. The van der Waals surface area contributed by atoms with Crippen LogP contribution in [-0.2, 0) is 27.8 Å². The third-order valence-corrected chi connectivity index (χ3v) is 7.17. The summed E-state index contributed by atoms with van der Waals surface area (Å²) >= 11 is 0. The molecule has 0 bridgehead atoms. The fourth-order valence-electron chi connectivity index (χ4n) is 3.59. The maximum absolute atomic E-state index is 12.9. The second-order valence-electron chi connectivity index (χ2n) is 7.09. The molecule has 0 radical (unpaired) electrons. The first-order chi connectivity index (χ1) is 13.4. The minimum atomic E-state index is -3.49. The summed E-state index contributed by atoms with van der Waals surface area (Å²) in [5.41, 5.74) is 0.892. The summed E-state index contributed by atoms with van der Waals surface area (Å²) < 4.78 is 35.5. The van der Waals surface area contributed by atoms with Crippen LogP contribution in [0.4, 0.5) is 0 Å². The molecule has 1 aromatic heterocycles. The Morgan fingerprint density at radius 3 is 2.39 bits per heavy atom. The van der Waals surface area contributed by atoms with Crippen LogP contribution in [0.5, 0.6) is 0 Å². The molecule has 0 amide bonds. The third kappa shape index (κ3) is 4.06. The number of hydrogen-bond donors (Lipinski definition) is 0. The van der Waals surface area contributed by atoms with Crippen molar-refractivity contribution in [3.8, 4) is 0 Å². The van der Waals surface area contributed by atoms with E-state index in [1.54, 1.807) is 23.8 Å². The van der Waals surface area contributed by atoms with Gasteiger partial charge < -0.3 is 4.74 Å². The van der Waals surface area contributed by atoms with Gasteiger partial charge in [0.25, 0.3) is 0 Å². The fraction of sp³-hybridized carbons (Fsp3) is 0.579. The number of ether oxygens (including phenoxy) is 1. The highest BCUT2D eigenvalue weighted by Gasteiger charge is 2.32. The highest BCUT2D eigenvalue weighted by atomic mass is 32.2. The number of methoxy groups -OCH3 is 1. The van der Waals surface area contributed by atoms with Gasteiger partial charge >= 0.3 is 5.69 Å². The molecule has 0 aliphatic carbocycles. The fourth-order valence-corrected chi connectivity index (χ4v) is 5.06. The Morgan fingerprint density at radius 2 is 1.82 bits per heavy atom. The van der Waals surface area contributed by atoms with Crippen molar-refractivity contribution in [1.29, 1.82) is 0 Å². The molecule has 1 fully saturated rings. The summed E-state index contributed by atoms with van der Waals surface area (Å²) in [4.78, 5) is 12.8. The van der Waals surface area contributed by atoms with Crippen LogP contribution in [0.1, 0.15) is 37.1 Å². The monoisotopic (exact) mass is 408 g/mol. The van der Waals surface area contributed by atoms with E-state index in [1.165, 1.54) is 8.99 Å². The Kier molecular flexibility index (Phi) is 6.36. The number of aromatic nitrogens is 3. The van der Waals surface area contributed by atoms with Gasteiger partial charge in [-0.25, -0.2) is 17.9 Å². The van der Waals surface area contributed by atoms with Crippen molar-refractivity contribution >= 4 is 10.0 Å². The van der Waals surface area contributed by atoms with Crippen LogP contribution in [0.2, 0.25) is 0 Å². The van der Waals surface area contributed by atoms with E-state index < -0.39 is 10.0 Å². The lowest BCUT2D eigenvalue weighted by Gasteiger charge is -2.30. The minimum Gasteiger partial charge on any atom is -0.383 e. The molecule has 1 aliphatic heterocycles. The molecule has 0 N–H and O–H groups in total. The first kappa shape index (κ1) is 20.8. The van der Waals surface area contributed by atoms with Gasteiger partial charge in [0.15, 0.2) is 0 Å². The topological polar surface area (TPSA) is 86.4 Å². The second-order valence-corrected chi connectivity index (χ2v) is 9.03. The van der Waals surface area contributed by atoms with Gasteiger partial charge in [0, 0.05) is 32.7 Å². The van der Waals surface area contributed by atoms with Crippen LogP contribution in [0, 0.1) is 6.92 Å². The molecule has 0 unspecified atom stereocenters. The van der Waals surface area contributed by atoms with Crippen molar-refractivity contribution in [3.63, 3.8) is 0 Å². The van der Waals surface area contributed by atoms with Crippen molar-refractivity contribution in [2.45, 2.75) is 50.6 Å². The summed E-state index contributed by atoms with van der Waals surface area (Å²) in [6.07, 6.45) is 1.29. The van der Waals surface area contributed by atoms with E-state index in [9.17, 15) is 13.2 Å². The normalized spacial score (nSPS) is 16.5. The summed E-state index contributed by atoms with van der Waals surface area (Å²) in [5.74, 6) is 0.817. The van der Waals surface area contributed by atoms with E-state index >= 15 is 0 Å². The standard InChI is InChI=1S/C19H28N4O4S/c1-4-22-18(20-23(19(22)24)13-14-27-3)16-9-11-21(12-10-16)28(25,26)17-7-5-15(2)6-8-17/h5-8,16H,4,9-14H2,1-3H3. The zero-order valence-corrected chi connectivity index (χ0v) is 17.5. The van der Waals surface area contributed by atoms with Crippen molar-refractivity contribution in [3.05, 3.63) is 46.1 Å². The molecular weight excluding hydrogens is 380 g/mol. The van der Waals surface area contributed by atoms with Crippen LogP contribution in [0.3, 0.4) is 0 Å². The van der Waals surface area contributed by atoms with Crippen LogP contribution in [-0.4, -0.2) is 53.9 Å². The highest BCUT2D eigenvalue weighted by Crippen LogP contribution is 2.29. The molecule has 1 aromatic carbocycles. The summed E-state index contributed by atoms with van der Waals surface area (Å²) in [6, 6.07) is 6.93. The van der Waals surface area contributed by atoms with Crippen LogP contribution in [0.25, 0.3) is 0 Å². The van der Waals surface area contributed by atoms with Gasteiger partial charge in [-0.15, -0.1) is 0 Å². The lowest BCUT2D eigenvalue weighted by molar-refractivity contribution is 0.182. The smallest absolute Gasteiger partial charge is 0.345 e. The third-order valence-electron chi connectivity index (χ3n) is 5.25. The van der Waals surface area contributed by atoms with E-state index in [1.807, 2.05) is 26.0 Å². The molecule has 0 spiro atoms. The molecular formula is C19H28N4O4S. The minimum absolute atomic E-state index is 0.0703. The van der Waals surface area contributed by atoms with E-state index in [2.05, 4.69) is 5.10 Å². The molecule has 0 atom stereocenters. The van der Waals surface area contributed by atoms with Gasteiger partial charge in [-0.3, -0.25) is 4.57 Å². The maximum Gasteiger partial charge on any atom is 0.345 e. The lowest BCUT2D eigenvalue weighted by atomic mass is 9.97. The lowest BCUT2D eigenvalue weighted by Crippen LogP contribution is -2.38. The Morgan fingerprint density at radius 1 is 1.18 bits per heavy atom. The number of hydrogen-bond acceptors (Lipinski definition) is 5. The van der Waals surface area contributed by atoms with E-state index in [0.29, 0.717) is 50.5 Å². The molecule has 28 heavy (non-hydrogen) atoms. The quantitative estimate of drug-likeness (QED) is 0.694. The Balaban J connectivity index is 1.75. The van der Waals surface area contributed by atoms with Gasteiger partial charge in [-0.05, 0) is 38.8 Å². The summed E-state index contributed by atoms with van der Waals surface area (Å²) in [5, 5.41) is 4.52. The van der Waals surface area contributed by atoms with Crippen molar-refractivity contribution in [1.82, 2.24) is 18.7 Å². The first-order valence-corrected chi connectivity index (χ1v) is 11.1. The maximum atomic E-state index is 12.9. The van der Waals surface area contributed by atoms with E-state index in [-0.39, 0.29) is 11.6 Å². The number of benzene rings is 1. The van der Waals surface area contributed by atoms with Gasteiger partial charge in [0.2, 0.25) is 10.0 Å². The molecule has 1 aliphatic rings. The van der Waals surface area contributed by atoms with Crippen LogP contribution >= 0.6 is 0 Å². The van der Waals surface area contributed by atoms with Gasteiger partial charge in [-0.2, -0.15) is 9.40 Å². The Bertz CT molecular complexity index is 955. The number of sulfonamides is 1. The largest absolute Gasteiger partial charge is 0.383 e. The average molecular weight is 409 g/mol. The Hall–Kier alpha value is -1.97. The van der Waals surface area contributed by atoms with Crippen molar-refractivity contribution in [2.75, 3.05) is 26.8 Å². The van der Waals surface area contributed by atoms with Crippen molar-refractivity contribution < 1.29 is 13.2 Å².